The third-order valence-corrected chi connectivity index (χ3v) is 4.74. The Hall–Kier alpha value is -2.45. The van der Waals surface area contributed by atoms with Crippen molar-refractivity contribution in [2.24, 2.45) is 10.2 Å². The van der Waals surface area contributed by atoms with E-state index in [1.165, 1.54) is 20.0 Å². The van der Waals surface area contributed by atoms with Crippen LogP contribution < -0.4 is 5.32 Å². The van der Waals surface area contributed by atoms with Gasteiger partial charge in [-0.3, -0.25) is 10.1 Å². The number of ether oxygens (including phenoxy) is 1. The van der Waals surface area contributed by atoms with E-state index < -0.39 is 11.9 Å². The Kier molecular flexibility index (Phi) is 8.22. The van der Waals surface area contributed by atoms with Crippen molar-refractivity contribution in [2.45, 2.75) is 26.3 Å². The zero-order chi connectivity index (χ0) is 19.6. The van der Waals surface area contributed by atoms with Gasteiger partial charge in [0, 0.05) is 12.6 Å². The van der Waals surface area contributed by atoms with E-state index in [-0.39, 0.29) is 4.91 Å². The minimum atomic E-state index is -0.585. The molecule has 1 aromatic carbocycles. The van der Waals surface area contributed by atoms with Gasteiger partial charge >= 0.3 is 5.97 Å². The Morgan fingerprint density at radius 2 is 2.15 bits per heavy atom. The van der Waals surface area contributed by atoms with Crippen LogP contribution in [0.4, 0.5) is 0 Å². The van der Waals surface area contributed by atoms with Gasteiger partial charge < -0.3 is 9.64 Å². The Labute approximate surface area is 163 Å². The Morgan fingerprint density at radius 1 is 1.37 bits per heavy atom. The molecule has 2 rings (SSSR count). The number of esters is 1. The number of thioether (sulfide) groups is 1. The quantitative estimate of drug-likeness (QED) is 0.320. The Morgan fingerprint density at radius 3 is 2.89 bits per heavy atom. The van der Waals surface area contributed by atoms with E-state index >= 15 is 0 Å². The number of amidine groups is 1. The summed E-state index contributed by atoms with van der Waals surface area (Å²) in [5.41, 5.74) is 2.14. The van der Waals surface area contributed by atoms with Crippen LogP contribution in [0.3, 0.4) is 0 Å². The predicted octanol–water partition coefficient (Wildman–Crippen LogP) is 2.53. The van der Waals surface area contributed by atoms with Gasteiger partial charge in [0.15, 0.2) is 5.17 Å². The normalized spacial score (nSPS) is 17.3. The van der Waals surface area contributed by atoms with Gasteiger partial charge in [-0.05, 0) is 42.9 Å². The number of carbonyl (C=O) groups is 2. The van der Waals surface area contributed by atoms with Crippen LogP contribution in [0.5, 0.6) is 0 Å². The minimum absolute atomic E-state index is 0.230. The third kappa shape index (κ3) is 6.65. The molecule has 0 radical (unpaired) electrons. The van der Waals surface area contributed by atoms with Crippen LogP contribution in [0.2, 0.25) is 0 Å². The van der Waals surface area contributed by atoms with Crippen LogP contribution in [0, 0.1) is 0 Å². The van der Waals surface area contributed by atoms with Crippen molar-refractivity contribution in [1.82, 2.24) is 10.2 Å². The SMILES string of the molecule is CCCCN(C)Cc1ccccc1C=N/N=C1/NC(=O)/C(=C\C(=O)OC)S1. The number of unbranched alkanes of at least 4 members (excludes halogenated alkanes) is 1. The molecule has 0 bridgehead atoms. The van der Waals surface area contributed by atoms with Gasteiger partial charge in [0.1, 0.15) is 0 Å². The van der Waals surface area contributed by atoms with Gasteiger partial charge in [-0.2, -0.15) is 5.10 Å². The second-order valence-corrected chi connectivity index (χ2v) is 7.06. The number of benzene rings is 1. The van der Waals surface area contributed by atoms with E-state index in [1.54, 1.807) is 6.21 Å². The molecule has 1 aliphatic heterocycles. The number of methoxy groups -OCH3 is 1. The summed E-state index contributed by atoms with van der Waals surface area (Å²) in [6.07, 6.45) is 5.14. The van der Waals surface area contributed by atoms with Crippen molar-refractivity contribution < 1.29 is 14.3 Å². The molecular formula is C19H24N4O3S. The summed E-state index contributed by atoms with van der Waals surface area (Å²) in [5.74, 6) is -0.976. The highest BCUT2D eigenvalue weighted by molar-refractivity contribution is 8.18. The van der Waals surface area contributed by atoms with Crippen molar-refractivity contribution in [2.75, 3.05) is 20.7 Å². The van der Waals surface area contributed by atoms with Crippen LogP contribution in [0.1, 0.15) is 30.9 Å². The van der Waals surface area contributed by atoms with E-state index in [9.17, 15) is 9.59 Å². The molecule has 0 unspecified atom stereocenters. The molecule has 1 N–H and O–H groups in total. The van der Waals surface area contributed by atoms with Gasteiger partial charge in [-0.25, -0.2) is 4.79 Å². The Bertz CT molecular complexity index is 774. The highest BCUT2D eigenvalue weighted by Gasteiger charge is 2.24. The number of carbonyl (C=O) groups excluding carboxylic acids is 2. The number of nitrogens with one attached hydrogen (secondary N) is 1. The van der Waals surface area contributed by atoms with Crippen molar-refractivity contribution in [3.8, 4) is 0 Å². The molecule has 1 aliphatic rings. The molecule has 1 amide bonds. The summed E-state index contributed by atoms with van der Waals surface area (Å²) in [4.78, 5) is 25.5. The fourth-order valence-corrected chi connectivity index (χ4v) is 3.13. The molecule has 0 saturated carbocycles. The number of rotatable bonds is 8. The third-order valence-electron chi connectivity index (χ3n) is 3.84. The first-order valence-electron chi connectivity index (χ1n) is 8.69. The highest BCUT2D eigenvalue weighted by atomic mass is 32.2. The molecule has 1 fully saturated rings. The van der Waals surface area contributed by atoms with Crippen LogP contribution in [0.25, 0.3) is 0 Å². The number of nitrogens with zero attached hydrogens (tertiary/aromatic N) is 3. The van der Waals surface area contributed by atoms with Gasteiger partial charge in [-0.1, -0.05) is 37.6 Å². The summed E-state index contributed by atoms with van der Waals surface area (Å²) < 4.78 is 4.52. The lowest BCUT2D eigenvalue weighted by molar-refractivity contribution is -0.135. The van der Waals surface area contributed by atoms with E-state index in [4.69, 9.17) is 0 Å². The average molecular weight is 388 g/mol. The molecule has 7 nitrogen and oxygen atoms in total. The standard InChI is InChI=1S/C19H24N4O3S/c1-4-5-10-23(2)13-15-9-7-6-8-14(15)12-20-22-19-21-18(25)16(27-19)11-17(24)26-3/h6-9,11-12H,4-5,10,13H2,1-3H3,(H,21,22,25)/b16-11+,20-12?. The van der Waals surface area contributed by atoms with E-state index in [1.807, 2.05) is 18.2 Å². The van der Waals surface area contributed by atoms with E-state index in [0.717, 1.165) is 42.1 Å². The zero-order valence-electron chi connectivity index (χ0n) is 15.8. The van der Waals surface area contributed by atoms with Crippen molar-refractivity contribution in [1.29, 1.82) is 0 Å². The van der Waals surface area contributed by atoms with Crippen LogP contribution >= 0.6 is 11.8 Å². The molecule has 0 aromatic heterocycles. The van der Waals surface area contributed by atoms with E-state index in [2.05, 4.69) is 45.2 Å². The molecule has 144 valence electrons. The Balaban J connectivity index is 2.04. The van der Waals surface area contributed by atoms with Crippen molar-refractivity contribution in [3.05, 3.63) is 46.4 Å². The summed E-state index contributed by atoms with van der Waals surface area (Å²) >= 11 is 1.05. The molecule has 8 heteroatoms. The fraction of sp³-hybridized carbons (Fsp3) is 0.368. The molecule has 1 saturated heterocycles. The maximum atomic E-state index is 11.8. The molecule has 0 aliphatic carbocycles. The van der Waals surface area contributed by atoms with Crippen LogP contribution in [-0.4, -0.2) is 48.9 Å². The predicted molar refractivity (Wildman–Crippen MR) is 109 cm³/mol. The lowest BCUT2D eigenvalue weighted by atomic mass is 10.1. The van der Waals surface area contributed by atoms with Gasteiger partial charge in [0.05, 0.1) is 18.2 Å². The van der Waals surface area contributed by atoms with Gasteiger partial charge in [-0.15, -0.1) is 5.10 Å². The summed E-state index contributed by atoms with van der Waals surface area (Å²) in [6.45, 7) is 4.05. The monoisotopic (exact) mass is 388 g/mol. The zero-order valence-corrected chi connectivity index (χ0v) is 16.6. The summed E-state index contributed by atoms with van der Waals surface area (Å²) in [6, 6.07) is 8.01. The second-order valence-electron chi connectivity index (χ2n) is 6.03. The summed E-state index contributed by atoms with van der Waals surface area (Å²) in [7, 11) is 3.36. The van der Waals surface area contributed by atoms with Crippen LogP contribution in [-0.2, 0) is 20.9 Å². The average Bonchev–Trinajstić information content (AvgIpc) is 3.00. The molecule has 1 heterocycles. The highest BCUT2D eigenvalue weighted by Crippen LogP contribution is 2.23. The fourth-order valence-electron chi connectivity index (χ4n) is 2.39. The topological polar surface area (TPSA) is 83.4 Å². The number of amides is 1. The summed E-state index contributed by atoms with van der Waals surface area (Å²) in [5, 5.41) is 11.0. The smallest absolute Gasteiger partial charge is 0.331 e. The van der Waals surface area contributed by atoms with Gasteiger partial charge in [0.2, 0.25) is 0 Å². The number of hydrogen-bond acceptors (Lipinski definition) is 7. The molecule has 0 atom stereocenters. The first kappa shape index (κ1) is 20.9. The van der Waals surface area contributed by atoms with Gasteiger partial charge in [0.25, 0.3) is 5.91 Å². The molecule has 0 spiro atoms. The van der Waals surface area contributed by atoms with Crippen molar-refractivity contribution >= 4 is 35.0 Å². The number of hydrogen-bond donors (Lipinski definition) is 1. The van der Waals surface area contributed by atoms with E-state index in [0.29, 0.717) is 5.17 Å². The lowest BCUT2D eigenvalue weighted by Gasteiger charge is -2.17. The lowest BCUT2D eigenvalue weighted by Crippen LogP contribution is -2.20. The maximum absolute atomic E-state index is 11.8. The second kappa shape index (κ2) is 10.6. The van der Waals surface area contributed by atoms with Crippen LogP contribution in [0.15, 0.2) is 45.4 Å². The molecule has 1 aromatic rings. The first-order valence-corrected chi connectivity index (χ1v) is 9.51. The first-order chi connectivity index (χ1) is 13.0. The van der Waals surface area contributed by atoms with Crippen molar-refractivity contribution in [3.63, 3.8) is 0 Å². The minimum Gasteiger partial charge on any atom is -0.466 e. The molecule has 27 heavy (non-hydrogen) atoms. The molecular weight excluding hydrogens is 364 g/mol. The maximum Gasteiger partial charge on any atom is 0.331 e. The largest absolute Gasteiger partial charge is 0.466 e.